The summed E-state index contributed by atoms with van der Waals surface area (Å²) in [7, 11) is 0. The molecule has 2 aromatic rings. The standard InChI is InChI=1S/C20H19FN4O3/c1-13-7-8-15(11-16(13)21)22-18(26)12-25-19(27)10-9-17(24-25)20(28)23-14-5-3-2-4-6-14/h2-8,11H,9-10,12H2,1H3,(H,22,26)(H,23,28). The van der Waals surface area contributed by atoms with Crippen molar-refractivity contribution in [2.45, 2.75) is 19.8 Å². The van der Waals surface area contributed by atoms with Crippen LogP contribution in [0.2, 0.25) is 0 Å². The van der Waals surface area contributed by atoms with Crippen molar-refractivity contribution in [2.75, 3.05) is 17.2 Å². The Labute approximate surface area is 161 Å². The van der Waals surface area contributed by atoms with E-state index < -0.39 is 17.6 Å². The van der Waals surface area contributed by atoms with Gasteiger partial charge in [-0.3, -0.25) is 14.4 Å². The minimum absolute atomic E-state index is 0.0769. The maximum absolute atomic E-state index is 13.6. The lowest BCUT2D eigenvalue weighted by Crippen LogP contribution is -2.40. The van der Waals surface area contributed by atoms with Gasteiger partial charge in [-0.05, 0) is 36.8 Å². The van der Waals surface area contributed by atoms with Gasteiger partial charge in [0.1, 0.15) is 18.1 Å². The Hall–Kier alpha value is -3.55. The molecule has 0 unspecified atom stereocenters. The Morgan fingerprint density at radius 1 is 1.07 bits per heavy atom. The van der Waals surface area contributed by atoms with Crippen LogP contribution in [0.4, 0.5) is 15.8 Å². The van der Waals surface area contributed by atoms with E-state index in [1.165, 1.54) is 6.07 Å². The smallest absolute Gasteiger partial charge is 0.271 e. The third-order valence-electron chi connectivity index (χ3n) is 4.15. The van der Waals surface area contributed by atoms with Crippen molar-refractivity contribution >= 4 is 34.8 Å². The number of rotatable bonds is 5. The van der Waals surface area contributed by atoms with E-state index in [0.717, 1.165) is 5.01 Å². The number of aryl methyl sites for hydroxylation is 1. The van der Waals surface area contributed by atoms with Crippen LogP contribution < -0.4 is 10.6 Å². The zero-order valence-electron chi connectivity index (χ0n) is 15.2. The second-order valence-corrected chi connectivity index (χ2v) is 6.33. The molecule has 1 aliphatic heterocycles. The highest BCUT2D eigenvalue weighted by Crippen LogP contribution is 2.15. The molecule has 28 heavy (non-hydrogen) atoms. The molecule has 1 heterocycles. The molecule has 144 valence electrons. The van der Waals surface area contributed by atoms with E-state index in [-0.39, 0.29) is 36.7 Å². The summed E-state index contributed by atoms with van der Waals surface area (Å²) in [5.41, 5.74) is 1.52. The fourth-order valence-corrected chi connectivity index (χ4v) is 2.62. The number of para-hydroxylation sites is 1. The van der Waals surface area contributed by atoms with Gasteiger partial charge in [0.2, 0.25) is 11.8 Å². The molecule has 2 N–H and O–H groups in total. The second-order valence-electron chi connectivity index (χ2n) is 6.33. The Kier molecular flexibility index (Phi) is 5.78. The predicted octanol–water partition coefficient (Wildman–Crippen LogP) is 2.69. The normalized spacial score (nSPS) is 13.7. The molecule has 8 heteroatoms. The molecule has 3 amide bonds. The van der Waals surface area contributed by atoms with Crippen LogP contribution in [0.1, 0.15) is 18.4 Å². The highest BCUT2D eigenvalue weighted by Gasteiger charge is 2.26. The lowest BCUT2D eigenvalue weighted by atomic mass is 10.1. The van der Waals surface area contributed by atoms with E-state index >= 15 is 0 Å². The van der Waals surface area contributed by atoms with Crippen LogP contribution in [0.15, 0.2) is 53.6 Å². The van der Waals surface area contributed by atoms with E-state index in [9.17, 15) is 18.8 Å². The van der Waals surface area contributed by atoms with Crippen LogP contribution in [0.5, 0.6) is 0 Å². The van der Waals surface area contributed by atoms with Gasteiger partial charge in [0, 0.05) is 24.2 Å². The first kappa shape index (κ1) is 19.2. The van der Waals surface area contributed by atoms with E-state index in [1.807, 2.05) is 6.07 Å². The summed E-state index contributed by atoms with van der Waals surface area (Å²) in [5.74, 6) is -1.76. The quantitative estimate of drug-likeness (QED) is 0.833. The molecular formula is C20H19FN4O3. The second kappa shape index (κ2) is 8.43. The summed E-state index contributed by atoms with van der Waals surface area (Å²) in [6, 6.07) is 13.2. The van der Waals surface area contributed by atoms with Gasteiger partial charge in [-0.1, -0.05) is 24.3 Å². The van der Waals surface area contributed by atoms with Crippen LogP contribution in [0.25, 0.3) is 0 Å². The van der Waals surface area contributed by atoms with Crippen molar-refractivity contribution in [3.63, 3.8) is 0 Å². The molecule has 1 aliphatic rings. The number of hydrazone groups is 1. The van der Waals surface area contributed by atoms with Crippen LogP contribution in [0.3, 0.4) is 0 Å². The molecule has 0 spiro atoms. The highest BCUT2D eigenvalue weighted by molar-refractivity contribution is 6.43. The Morgan fingerprint density at radius 2 is 1.82 bits per heavy atom. The molecule has 0 radical (unpaired) electrons. The van der Waals surface area contributed by atoms with E-state index in [2.05, 4.69) is 15.7 Å². The zero-order valence-corrected chi connectivity index (χ0v) is 15.2. The molecule has 0 fully saturated rings. The number of hydrogen-bond acceptors (Lipinski definition) is 4. The molecule has 2 aromatic carbocycles. The zero-order chi connectivity index (χ0) is 20.1. The number of nitrogens with one attached hydrogen (secondary N) is 2. The van der Waals surface area contributed by atoms with Crippen LogP contribution in [0, 0.1) is 12.7 Å². The molecule has 0 saturated heterocycles. The van der Waals surface area contributed by atoms with Gasteiger partial charge in [-0.15, -0.1) is 0 Å². The molecular weight excluding hydrogens is 363 g/mol. The van der Waals surface area contributed by atoms with Crippen molar-refractivity contribution < 1.29 is 18.8 Å². The van der Waals surface area contributed by atoms with Crippen LogP contribution in [-0.4, -0.2) is 35.0 Å². The number of amides is 3. The monoisotopic (exact) mass is 382 g/mol. The molecule has 0 bridgehead atoms. The number of nitrogens with zero attached hydrogens (tertiary/aromatic N) is 2. The van der Waals surface area contributed by atoms with Crippen LogP contribution in [-0.2, 0) is 14.4 Å². The summed E-state index contributed by atoms with van der Waals surface area (Å²) < 4.78 is 13.6. The first-order valence-corrected chi connectivity index (χ1v) is 8.72. The van der Waals surface area contributed by atoms with E-state index in [4.69, 9.17) is 0 Å². The van der Waals surface area contributed by atoms with Crippen molar-refractivity contribution in [2.24, 2.45) is 5.10 Å². The number of anilines is 2. The van der Waals surface area contributed by atoms with Gasteiger partial charge in [0.15, 0.2) is 0 Å². The largest absolute Gasteiger partial charge is 0.324 e. The fourth-order valence-electron chi connectivity index (χ4n) is 2.62. The van der Waals surface area contributed by atoms with Crippen molar-refractivity contribution in [1.82, 2.24) is 5.01 Å². The van der Waals surface area contributed by atoms with Gasteiger partial charge in [0.05, 0.1) is 0 Å². The Bertz CT molecular complexity index is 944. The topological polar surface area (TPSA) is 90.9 Å². The molecule has 3 rings (SSSR count). The number of hydrogen-bond donors (Lipinski definition) is 2. The lowest BCUT2D eigenvalue weighted by Gasteiger charge is -2.22. The third kappa shape index (κ3) is 4.79. The highest BCUT2D eigenvalue weighted by atomic mass is 19.1. The van der Waals surface area contributed by atoms with Gasteiger partial charge in [-0.2, -0.15) is 5.10 Å². The summed E-state index contributed by atoms with van der Waals surface area (Å²) in [4.78, 5) is 36.6. The average Bonchev–Trinajstić information content (AvgIpc) is 2.67. The summed E-state index contributed by atoms with van der Waals surface area (Å²) in [6.07, 6.45) is 0.270. The SMILES string of the molecule is Cc1ccc(NC(=O)CN2N=C(C(=O)Nc3ccccc3)CCC2=O)cc1F. The molecule has 0 aliphatic carbocycles. The Morgan fingerprint density at radius 3 is 2.54 bits per heavy atom. The van der Waals surface area contributed by atoms with Gasteiger partial charge < -0.3 is 10.6 Å². The molecule has 0 aromatic heterocycles. The summed E-state index contributed by atoms with van der Waals surface area (Å²) >= 11 is 0. The number of carbonyl (C=O) groups is 3. The molecule has 0 saturated carbocycles. The van der Waals surface area contributed by atoms with Gasteiger partial charge in [-0.25, -0.2) is 9.40 Å². The van der Waals surface area contributed by atoms with E-state index in [1.54, 1.807) is 43.3 Å². The van der Waals surface area contributed by atoms with Crippen molar-refractivity contribution in [3.8, 4) is 0 Å². The minimum Gasteiger partial charge on any atom is -0.324 e. The predicted molar refractivity (Wildman–Crippen MR) is 103 cm³/mol. The van der Waals surface area contributed by atoms with Crippen molar-refractivity contribution in [1.29, 1.82) is 0 Å². The number of benzene rings is 2. The maximum atomic E-state index is 13.6. The molecule has 7 nitrogen and oxygen atoms in total. The number of carbonyl (C=O) groups excluding carboxylic acids is 3. The van der Waals surface area contributed by atoms with Crippen LogP contribution >= 0.6 is 0 Å². The first-order valence-electron chi connectivity index (χ1n) is 8.72. The van der Waals surface area contributed by atoms with Gasteiger partial charge in [0.25, 0.3) is 5.91 Å². The van der Waals surface area contributed by atoms with Crippen molar-refractivity contribution in [3.05, 3.63) is 59.9 Å². The summed E-state index contributed by atoms with van der Waals surface area (Å²) in [6.45, 7) is 1.25. The third-order valence-corrected chi connectivity index (χ3v) is 4.15. The maximum Gasteiger partial charge on any atom is 0.271 e. The first-order chi connectivity index (χ1) is 13.4. The van der Waals surface area contributed by atoms with Gasteiger partial charge >= 0.3 is 0 Å². The van der Waals surface area contributed by atoms with E-state index in [0.29, 0.717) is 11.3 Å². The minimum atomic E-state index is -0.537. The fraction of sp³-hybridized carbons (Fsp3) is 0.200. The number of halogens is 1. The lowest BCUT2D eigenvalue weighted by molar-refractivity contribution is -0.135. The Balaban J connectivity index is 1.65. The molecule has 0 atom stereocenters. The summed E-state index contributed by atoms with van der Waals surface area (Å²) in [5, 5.41) is 10.2. The average molecular weight is 382 g/mol.